The summed E-state index contributed by atoms with van der Waals surface area (Å²) >= 11 is 1.28. The molecule has 0 fully saturated rings. The quantitative estimate of drug-likeness (QED) is 0.819. The van der Waals surface area contributed by atoms with Gasteiger partial charge in [-0.3, -0.25) is 0 Å². The van der Waals surface area contributed by atoms with Gasteiger partial charge in [-0.15, -0.1) is 0 Å². The zero-order valence-corrected chi connectivity index (χ0v) is 11.0. The molecule has 5 nitrogen and oxygen atoms in total. The summed E-state index contributed by atoms with van der Waals surface area (Å²) in [4.78, 5) is 1.90. The molecule has 0 amide bonds. The van der Waals surface area contributed by atoms with Crippen molar-refractivity contribution < 1.29 is 9.84 Å². The van der Waals surface area contributed by atoms with E-state index in [1.54, 1.807) is 13.8 Å². The Kier molecular flexibility index (Phi) is 3.98. The molecule has 1 aromatic heterocycles. The van der Waals surface area contributed by atoms with Gasteiger partial charge in [0.2, 0.25) is 0 Å². The third-order valence-electron chi connectivity index (χ3n) is 1.92. The standard InChI is InChI=1S/C10H19N3O2S/c1-5-15-7-8(11)12-16-9(7)13(4)6-10(2,3)14/h14H,5-6H2,1-4H3,(H2,11,12). The Morgan fingerprint density at radius 3 is 2.69 bits per heavy atom. The molecule has 0 radical (unpaired) electrons. The summed E-state index contributed by atoms with van der Waals surface area (Å²) in [5.74, 6) is 1.02. The third kappa shape index (κ3) is 3.24. The maximum atomic E-state index is 9.75. The Hall–Kier alpha value is -1.01. The zero-order chi connectivity index (χ0) is 12.3. The molecule has 3 N–H and O–H groups in total. The number of hydrogen-bond donors (Lipinski definition) is 2. The first-order chi connectivity index (χ1) is 7.35. The molecular formula is C10H19N3O2S. The molecule has 0 aromatic carbocycles. The van der Waals surface area contributed by atoms with Crippen LogP contribution in [0.4, 0.5) is 10.8 Å². The van der Waals surface area contributed by atoms with Crippen LogP contribution in [0.2, 0.25) is 0 Å². The number of likely N-dealkylation sites (N-methyl/N-ethyl adjacent to an activating group) is 1. The number of hydrogen-bond acceptors (Lipinski definition) is 6. The lowest BCUT2D eigenvalue weighted by molar-refractivity contribution is 0.0886. The van der Waals surface area contributed by atoms with Crippen LogP contribution >= 0.6 is 11.5 Å². The molecule has 0 aliphatic heterocycles. The molecule has 0 saturated carbocycles. The molecule has 1 aromatic rings. The first-order valence-corrected chi connectivity index (χ1v) is 5.94. The van der Waals surface area contributed by atoms with Crippen LogP contribution in [0.25, 0.3) is 0 Å². The fraction of sp³-hybridized carbons (Fsp3) is 0.700. The lowest BCUT2D eigenvalue weighted by Crippen LogP contribution is -2.36. The van der Waals surface area contributed by atoms with Crippen molar-refractivity contribution in [2.75, 3.05) is 30.8 Å². The molecule has 0 aliphatic rings. The normalized spacial score (nSPS) is 11.6. The van der Waals surface area contributed by atoms with Crippen molar-refractivity contribution >= 4 is 22.4 Å². The first kappa shape index (κ1) is 13.1. The Bertz CT molecular complexity index is 346. The van der Waals surface area contributed by atoms with Crippen LogP contribution in [0.5, 0.6) is 5.75 Å². The van der Waals surface area contributed by atoms with Gasteiger partial charge in [0, 0.05) is 13.6 Å². The van der Waals surface area contributed by atoms with E-state index < -0.39 is 5.60 Å². The summed E-state index contributed by atoms with van der Waals surface area (Å²) in [5.41, 5.74) is 4.95. The van der Waals surface area contributed by atoms with E-state index in [1.165, 1.54) is 11.5 Å². The molecule has 0 aliphatic carbocycles. The van der Waals surface area contributed by atoms with Crippen LogP contribution in [0.1, 0.15) is 20.8 Å². The van der Waals surface area contributed by atoms with Crippen molar-refractivity contribution in [3.63, 3.8) is 0 Å². The fourth-order valence-electron chi connectivity index (χ4n) is 1.46. The summed E-state index contributed by atoms with van der Waals surface area (Å²) in [6.45, 7) is 6.46. The van der Waals surface area contributed by atoms with E-state index >= 15 is 0 Å². The van der Waals surface area contributed by atoms with E-state index in [2.05, 4.69) is 4.37 Å². The second kappa shape index (κ2) is 4.88. The molecular weight excluding hydrogens is 226 g/mol. The van der Waals surface area contributed by atoms with Crippen molar-refractivity contribution in [1.82, 2.24) is 4.37 Å². The summed E-state index contributed by atoms with van der Waals surface area (Å²) in [5, 5.41) is 10.6. The molecule has 92 valence electrons. The number of anilines is 2. The minimum absolute atomic E-state index is 0.407. The van der Waals surface area contributed by atoms with Gasteiger partial charge >= 0.3 is 0 Å². The average Bonchev–Trinajstić information content (AvgIpc) is 2.46. The smallest absolute Gasteiger partial charge is 0.197 e. The van der Waals surface area contributed by atoms with Gasteiger partial charge in [-0.05, 0) is 32.3 Å². The van der Waals surface area contributed by atoms with E-state index in [1.807, 2.05) is 18.9 Å². The third-order valence-corrected chi connectivity index (χ3v) is 2.87. The van der Waals surface area contributed by atoms with Crippen LogP contribution in [0, 0.1) is 0 Å². The molecule has 0 saturated heterocycles. The largest absolute Gasteiger partial charge is 0.487 e. The predicted molar refractivity (Wildman–Crippen MR) is 67.3 cm³/mol. The minimum atomic E-state index is -0.767. The van der Waals surface area contributed by atoms with Crippen LogP contribution in [0.3, 0.4) is 0 Å². The van der Waals surface area contributed by atoms with E-state index in [0.29, 0.717) is 24.7 Å². The molecule has 1 rings (SSSR count). The summed E-state index contributed by atoms with van der Waals surface area (Å²) in [6, 6.07) is 0. The van der Waals surface area contributed by atoms with Gasteiger partial charge in [0.25, 0.3) is 0 Å². The molecule has 0 atom stereocenters. The zero-order valence-electron chi connectivity index (χ0n) is 10.1. The van der Waals surface area contributed by atoms with Crippen molar-refractivity contribution in [3.8, 4) is 5.75 Å². The summed E-state index contributed by atoms with van der Waals surface area (Å²) in [6.07, 6.45) is 0. The van der Waals surface area contributed by atoms with Crippen LogP contribution in [0.15, 0.2) is 0 Å². The number of nitrogen functional groups attached to an aromatic ring is 1. The predicted octanol–water partition coefficient (Wildman–Crippen LogP) is 1.33. The van der Waals surface area contributed by atoms with Gasteiger partial charge in [-0.2, -0.15) is 4.37 Å². The second-order valence-electron chi connectivity index (χ2n) is 4.30. The minimum Gasteiger partial charge on any atom is -0.487 e. The van der Waals surface area contributed by atoms with Crippen molar-refractivity contribution in [2.45, 2.75) is 26.4 Å². The number of nitrogens with zero attached hydrogens (tertiary/aromatic N) is 2. The van der Waals surface area contributed by atoms with Gasteiger partial charge in [0.1, 0.15) is 0 Å². The SMILES string of the molecule is CCOc1c(N)nsc1N(C)CC(C)(C)O. The number of ether oxygens (including phenoxy) is 1. The Morgan fingerprint density at radius 1 is 1.56 bits per heavy atom. The van der Waals surface area contributed by atoms with Gasteiger partial charge < -0.3 is 20.5 Å². The lowest BCUT2D eigenvalue weighted by Gasteiger charge is -2.26. The van der Waals surface area contributed by atoms with E-state index in [4.69, 9.17) is 10.5 Å². The highest BCUT2D eigenvalue weighted by molar-refractivity contribution is 7.11. The highest BCUT2D eigenvalue weighted by atomic mass is 32.1. The number of rotatable bonds is 5. The van der Waals surface area contributed by atoms with E-state index in [9.17, 15) is 5.11 Å². The highest BCUT2D eigenvalue weighted by Crippen LogP contribution is 2.37. The Morgan fingerprint density at radius 2 is 2.19 bits per heavy atom. The maximum Gasteiger partial charge on any atom is 0.197 e. The van der Waals surface area contributed by atoms with Gasteiger partial charge in [-0.25, -0.2) is 0 Å². The second-order valence-corrected chi connectivity index (χ2v) is 5.06. The number of aromatic nitrogens is 1. The van der Waals surface area contributed by atoms with Crippen LogP contribution in [-0.2, 0) is 0 Å². The molecule has 0 unspecified atom stereocenters. The Labute approximate surface area is 100.0 Å². The summed E-state index contributed by atoms with van der Waals surface area (Å²) in [7, 11) is 1.88. The van der Waals surface area contributed by atoms with Crippen molar-refractivity contribution in [1.29, 1.82) is 0 Å². The molecule has 6 heteroatoms. The highest BCUT2D eigenvalue weighted by Gasteiger charge is 2.21. The lowest BCUT2D eigenvalue weighted by atomic mass is 10.1. The van der Waals surface area contributed by atoms with E-state index in [-0.39, 0.29) is 0 Å². The van der Waals surface area contributed by atoms with E-state index in [0.717, 1.165) is 5.00 Å². The van der Waals surface area contributed by atoms with Crippen molar-refractivity contribution in [3.05, 3.63) is 0 Å². The van der Waals surface area contributed by atoms with Gasteiger partial charge in [-0.1, -0.05) is 0 Å². The number of aliphatic hydroxyl groups is 1. The van der Waals surface area contributed by atoms with Gasteiger partial charge in [0.15, 0.2) is 16.6 Å². The molecule has 0 bridgehead atoms. The molecule has 0 spiro atoms. The number of nitrogens with two attached hydrogens (primary N) is 1. The van der Waals surface area contributed by atoms with Crippen molar-refractivity contribution in [2.24, 2.45) is 0 Å². The maximum absolute atomic E-state index is 9.75. The average molecular weight is 245 g/mol. The Balaban J connectivity index is 2.86. The monoisotopic (exact) mass is 245 g/mol. The topological polar surface area (TPSA) is 71.6 Å². The summed E-state index contributed by atoms with van der Waals surface area (Å²) < 4.78 is 9.50. The molecule has 16 heavy (non-hydrogen) atoms. The fourth-order valence-corrected chi connectivity index (χ4v) is 2.18. The van der Waals surface area contributed by atoms with Crippen LogP contribution < -0.4 is 15.4 Å². The molecule has 1 heterocycles. The van der Waals surface area contributed by atoms with Gasteiger partial charge in [0.05, 0.1) is 12.2 Å². The first-order valence-electron chi connectivity index (χ1n) is 5.16. The van der Waals surface area contributed by atoms with Crippen LogP contribution in [-0.4, -0.2) is 35.3 Å².